The molecule has 0 aromatic heterocycles. The summed E-state index contributed by atoms with van der Waals surface area (Å²) in [6, 6.07) is 0.542. The molecular formula is C14H32N4O. The van der Waals surface area contributed by atoms with E-state index in [4.69, 9.17) is 11.5 Å². The zero-order chi connectivity index (χ0) is 15.1. The van der Waals surface area contributed by atoms with Crippen molar-refractivity contribution in [3.8, 4) is 0 Å². The largest absolute Gasteiger partial charge is 0.368 e. The van der Waals surface area contributed by atoms with Crippen LogP contribution in [0.25, 0.3) is 0 Å². The standard InChI is InChI=1S/C14H32N4O/c1-6-18(12(2)11-17(4)5)10-8-7-9-14(3,16)13(15)19/h12H,6-11,16H2,1-5H3,(H2,15,19). The van der Waals surface area contributed by atoms with Gasteiger partial charge in [0.1, 0.15) is 0 Å². The van der Waals surface area contributed by atoms with Gasteiger partial charge in [0.2, 0.25) is 5.91 Å². The van der Waals surface area contributed by atoms with E-state index in [1.165, 1.54) is 0 Å². The number of rotatable bonds is 10. The Bertz CT molecular complexity index is 266. The van der Waals surface area contributed by atoms with Gasteiger partial charge in [-0.1, -0.05) is 6.92 Å². The van der Waals surface area contributed by atoms with Gasteiger partial charge in [-0.2, -0.15) is 0 Å². The molecule has 0 aromatic rings. The normalized spacial score (nSPS) is 16.6. The second kappa shape index (κ2) is 8.51. The van der Waals surface area contributed by atoms with Crippen molar-refractivity contribution < 1.29 is 4.79 Å². The van der Waals surface area contributed by atoms with Crippen molar-refractivity contribution in [1.29, 1.82) is 0 Å². The summed E-state index contributed by atoms with van der Waals surface area (Å²) in [6.07, 6.45) is 2.63. The third-order valence-corrected chi connectivity index (χ3v) is 3.61. The molecule has 0 rings (SSSR count). The van der Waals surface area contributed by atoms with Crippen LogP contribution in [0.15, 0.2) is 0 Å². The lowest BCUT2D eigenvalue weighted by atomic mass is 9.95. The molecule has 0 aliphatic rings. The fourth-order valence-corrected chi connectivity index (χ4v) is 2.26. The Morgan fingerprint density at radius 3 is 2.32 bits per heavy atom. The van der Waals surface area contributed by atoms with Gasteiger partial charge in [-0.05, 0) is 60.3 Å². The van der Waals surface area contributed by atoms with Crippen LogP contribution in [0.4, 0.5) is 0 Å². The topological polar surface area (TPSA) is 75.6 Å². The second-order valence-corrected chi connectivity index (χ2v) is 5.98. The summed E-state index contributed by atoms with van der Waals surface area (Å²) in [7, 11) is 4.19. The highest BCUT2D eigenvalue weighted by atomic mass is 16.1. The van der Waals surface area contributed by atoms with Gasteiger partial charge in [-0.25, -0.2) is 0 Å². The number of nitrogens with zero attached hydrogens (tertiary/aromatic N) is 2. The van der Waals surface area contributed by atoms with E-state index in [1.54, 1.807) is 6.92 Å². The average molecular weight is 272 g/mol. The molecule has 19 heavy (non-hydrogen) atoms. The average Bonchev–Trinajstić information content (AvgIpc) is 2.27. The van der Waals surface area contributed by atoms with E-state index in [0.717, 1.165) is 32.5 Å². The Balaban J connectivity index is 4.00. The smallest absolute Gasteiger partial charge is 0.237 e. The molecule has 0 fully saturated rings. The molecule has 0 saturated heterocycles. The minimum atomic E-state index is -0.869. The van der Waals surface area contributed by atoms with Crippen molar-refractivity contribution >= 4 is 5.91 Å². The molecule has 1 amide bonds. The van der Waals surface area contributed by atoms with Gasteiger partial charge < -0.3 is 16.4 Å². The lowest BCUT2D eigenvalue weighted by Gasteiger charge is -2.30. The predicted molar refractivity (Wildman–Crippen MR) is 80.9 cm³/mol. The Hall–Kier alpha value is -0.650. The minimum Gasteiger partial charge on any atom is -0.368 e. The summed E-state index contributed by atoms with van der Waals surface area (Å²) in [4.78, 5) is 15.8. The van der Waals surface area contributed by atoms with Crippen LogP contribution < -0.4 is 11.5 Å². The number of hydrogen-bond donors (Lipinski definition) is 2. The first-order valence-corrected chi connectivity index (χ1v) is 7.18. The van der Waals surface area contributed by atoms with Crippen molar-refractivity contribution in [2.24, 2.45) is 11.5 Å². The molecule has 114 valence electrons. The van der Waals surface area contributed by atoms with Crippen LogP contribution in [0.3, 0.4) is 0 Å². The lowest BCUT2D eigenvalue weighted by Crippen LogP contribution is -2.49. The summed E-state index contributed by atoms with van der Waals surface area (Å²) in [5.74, 6) is -0.416. The van der Waals surface area contributed by atoms with E-state index >= 15 is 0 Å². The van der Waals surface area contributed by atoms with Crippen molar-refractivity contribution in [1.82, 2.24) is 9.80 Å². The van der Waals surface area contributed by atoms with E-state index in [1.807, 2.05) is 0 Å². The number of unbranched alkanes of at least 4 members (excludes halogenated alkanes) is 1. The highest BCUT2D eigenvalue weighted by Crippen LogP contribution is 2.11. The third-order valence-electron chi connectivity index (χ3n) is 3.61. The number of hydrogen-bond acceptors (Lipinski definition) is 4. The Morgan fingerprint density at radius 1 is 1.32 bits per heavy atom. The maximum absolute atomic E-state index is 11.1. The molecule has 0 aliphatic carbocycles. The van der Waals surface area contributed by atoms with Crippen molar-refractivity contribution in [2.45, 2.75) is 51.6 Å². The van der Waals surface area contributed by atoms with Gasteiger partial charge in [0.15, 0.2) is 0 Å². The second-order valence-electron chi connectivity index (χ2n) is 5.98. The first kappa shape index (κ1) is 18.4. The molecule has 0 aliphatic heterocycles. The first-order chi connectivity index (χ1) is 8.70. The monoisotopic (exact) mass is 272 g/mol. The summed E-state index contributed by atoms with van der Waals surface area (Å²) >= 11 is 0. The highest BCUT2D eigenvalue weighted by Gasteiger charge is 2.24. The molecular weight excluding hydrogens is 240 g/mol. The van der Waals surface area contributed by atoms with Gasteiger partial charge in [0, 0.05) is 12.6 Å². The summed E-state index contributed by atoms with van der Waals surface area (Å²) in [5, 5.41) is 0. The molecule has 2 unspecified atom stereocenters. The van der Waals surface area contributed by atoms with E-state index in [9.17, 15) is 4.79 Å². The van der Waals surface area contributed by atoms with Crippen molar-refractivity contribution in [3.63, 3.8) is 0 Å². The zero-order valence-electron chi connectivity index (χ0n) is 13.3. The number of nitrogens with two attached hydrogens (primary N) is 2. The van der Waals surface area contributed by atoms with E-state index in [0.29, 0.717) is 12.5 Å². The molecule has 5 nitrogen and oxygen atoms in total. The minimum absolute atomic E-state index is 0.416. The van der Waals surface area contributed by atoms with Gasteiger partial charge in [-0.15, -0.1) is 0 Å². The summed E-state index contributed by atoms with van der Waals surface area (Å²) in [5.41, 5.74) is 10.2. The van der Waals surface area contributed by atoms with Crippen LogP contribution in [0, 0.1) is 0 Å². The number of likely N-dealkylation sites (N-methyl/N-ethyl adjacent to an activating group) is 2. The van der Waals surface area contributed by atoms with Crippen molar-refractivity contribution in [3.05, 3.63) is 0 Å². The maximum atomic E-state index is 11.1. The molecule has 4 N–H and O–H groups in total. The number of carbonyl (C=O) groups excluding carboxylic acids is 1. The molecule has 0 aromatic carbocycles. The lowest BCUT2D eigenvalue weighted by molar-refractivity contribution is -0.122. The Morgan fingerprint density at radius 2 is 1.89 bits per heavy atom. The van der Waals surface area contributed by atoms with Gasteiger partial charge >= 0.3 is 0 Å². The van der Waals surface area contributed by atoms with E-state index in [-0.39, 0.29) is 0 Å². The van der Waals surface area contributed by atoms with E-state index in [2.05, 4.69) is 37.7 Å². The third kappa shape index (κ3) is 7.50. The molecule has 0 saturated carbocycles. The zero-order valence-corrected chi connectivity index (χ0v) is 13.3. The first-order valence-electron chi connectivity index (χ1n) is 7.18. The SMILES string of the molecule is CCN(CCCCC(C)(N)C(N)=O)C(C)CN(C)C. The van der Waals surface area contributed by atoms with Crippen LogP contribution in [0.1, 0.15) is 40.0 Å². The highest BCUT2D eigenvalue weighted by molar-refractivity contribution is 5.83. The van der Waals surface area contributed by atoms with Gasteiger partial charge in [-0.3, -0.25) is 9.69 Å². The van der Waals surface area contributed by atoms with Crippen LogP contribution in [0.2, 0.25) is 0 Å². The van der Waals surface area contributed by atoms with Gasteiger partial charge in [0.05, 0.1) is 5.54 Å². The Labute approximate surface area is 118 Å². The summed E-state index contributed by atoms with van der Waals surface area (Å²) < 4.78 is 0. The maximum Gasteiger partial charge on any atom is 0.237 e. The number of carbonyl (C=O) groups is 1. The number of primary amides is 1. The quantitative estimate of drug-likeness (QED) is 0.572. The predicted octanol–water partition coefficient (Wildman–Crippen LogP) is 0.631. The molecule has 5 heteroatoms. The van der Waals surface area contributed by atoms with Crippen LogP contribution >= 0.6 is 0 Å². The number of amides is 1. The summed E-state index contributed by atoms with van der Waals surface area (Å²) in [6.45, 7) is 9.29. The fourth-order valence-electron chi connectivity index (χ4n) is 2.26. The van der Waals surface area contributed by atoms with Crippen LogP contribution in [-0.2, 0) is 4.79 Å². The van der Waals surface area contributed by atoms with Crippen molar-refractivity contribution in [2.75, 3.05) is 33.7 Å². The van der Waals surface area contributed by atoms with E-state index < -0.39 is 11.4 Å². The van der Waals surface area contributed by atoms with Crippen LogP contribution in [0.5, 0.6) is 0 Å². The molecule has 0 spiro atoms. The molecule has 0 heterocycles. The van der Waals surface area contributed by atoms with Crippen LogP contribution in [-0.4, -0.2) is 61.0 Å². The molecule has 2 atom stereocenters. The van der Waals surface area contributed by atoms with Gasteiger partial charge in [0.25, 0.3) is 0 Å². The Kier molecular flexibility index (Phi) is 8.22. The molecule has 0 radical (unpaired) electrons. The fraction of sp³-hybridized carbons (Fsp3) is 0.929. The molecule has 0 bridgehead atoms.